The summed E-state index contributed by atoms with van der Waals surface area (Å²) in [6.45, 7) is 5.11. The van der Waals surface area contributed by atoms with Crippen LogP contribution in [0.3, 0.4) is 0 Å². The van der Waals surface area contributed by atoms with E-state index in [0.29, 0.717) is 0 Å². The molecule has 5 heteroatoms. The Morgan fingerprint density at radius 3 is 2.39 bits per heavy atom. The fourth-order valence-electron chi connectivity index (χ4n) is 1.35. The van der Waals surface area contributed by atoms with Gasteiger partial charge in [-0.2, -0.15) is 13.2 Å². The van der Waals surface area contributed by atoms with Gasteiger partial charge in [-0.25, -0.2) is 0 Å². The zero-order valence-electron chi connectivity index (χ0n) is 10.5. The zero-order valence-corrected chi connectivity index (χ0v) is 10.5. The zero-order chi connectivity index (χ0) is 13.9. The second-order valence-corrected chi connectivity index (χ2v) is 4.47. The number of Topliss-reactive ketones (excluding diaryl/α,β-unsaturated/α-hetero) is 1. The quantitative estimate of drug-likeness (QED) is 0.766. The van der Waals surface area contributed by atoms with Gasteiger partial charge >= 0.3 is 6.18 Å². The molecule has 0 bridgehead atoms. The van der Waals surface area contributed by atoms with E-state index in [1.807, 2.05) is 13.8 Å². The van der Waals surface area contributed by atoms with Gasteiger partial charge in [0.1, 0.15) is 5.75 Å². The van der Waals surface area contributed by atoms with E-state index >= 15 is 0 Å². The minimum absolute atomic E-state index is 0.0271. The van der Waals surface area contributed by atoms with E-state index < -0.39 is 17.5 Å². The monoisotopic (exact) mass is 260 g/mol. The van der Waals surface area contributed by atoms with Crippen LogP contribution in [0.5, 0.6) is 5.75 Å². The molecule has 0 heterocycles. The van der Waals surface area contributed by atoms with Crippen LogP contribution in [0.15, 0.2) is 18.2 Å². The summed E-state index contributed by atoms with van der Waals surface area (Å²) >= 11 is 0. The fourth-order valence-corrected chi connectivity index (χ4v) is 1.35. The van der Waals surface area contributed by atoms with Crippen LogP contribution in [0.2, 0.25) is 0 Å². The number of halogens is 3. The van der Waals surface area contributed by atoms with E-state index in [9.17, 15) is 18.0 Å². The van der Waals surface area contributed by atoms with Crippen LogP contribution < -0.4 is 4.74 Å². The van der Waals surface area contributed by atoms with E-state index in [0.717, 1.165) is 6.07 Å². The summed E-state index contributed by atoms with van der Waals surface area (Å²) in [7, 11) is 0. The number of benzene rings is 1. The Morgan fingerprint density at radius 1 is 1.33 bits per heavy atom. The molecule has 0 aliphatic carbocycles. The highest BCUT2D eigenvalue weighted by atomic mass is 19.4. The lowest BCUT2D eigenvalue weighted by molar-refractivity contribution is -0.139. The molecule has 0 aliphatic rings. The second-order valence-electron chi connectivity index (χ2n) is 4.47. The van der Waals surface area contributed by atoms with Crippen LogP contribution in [0.25, 0.3) is 0 Å². The van der Waals surface area contributed by atoms with Gasteiger partial charge in [-0.05, 0) is 31.0 Å². The Balaban J connectivity index is 3.13. The van der Waals surface area contributed by atoms with Crippen LogP contribution in [0.1, 0.15) is 36.7 Å². The Kier molecular flexibility index (Phi) is 4.38. The van der Waals surface area contributed by atoms with Crippen molar-refractivity contribution in [3.63, 3.8) is 0 Å². The molecule has 2 nitrogen and oxygen atoms in total. The maximum Gasteiger partial charge on any atom is 0.419 e. The molecule has 0 fully saturated rings. The van der Waals surface area contributed by atoms with Crippen LogP contribution >= 0.6 is 0 Å². The van der Waals surface area contributed by atoms with Crippen molar-refractivity contribution in [1.82, 2.24) is 0 Å². The number of ketones is 1. The normalized spacial score (nSPS) is 11.7. The summed E-state index contributed by atoms with van der Waals surface area (Å²) in [6, 6.07) is 3.37. The van der Waals surface area contributed by atoms with E-state index in [4.69, 9.17) is 4.74 Å². The lowest BCUT2D eigenvalue weighted by Crippen LogP contribution is -2.12. The predicted molar refractivity (Wildman–Crippen MR) is 61.8 cm³/mol. The number of rotatable bonds is 4. The number of carbonyl (C=O) groups excluding carboxylic acids is 1. The second kappa shape index (κ2) is 5.42. The standard InChI is InChI=1S/C13H15F3O2/c1-8(2)7-18-12-5-4-10(9(3)17)6-11(12)13(14,15)16/h4-6,8H,7H2,1-3H3. The third-order valence-corrected chi connectivity index (χ3v) is 2.26. The summed E-state index contributed by atoms with van der Waals surface area (Å²) in [6.07, 6.45) is -4.53. The van der Waals surface area contributed by atoms with Crippen LogP contribution in [-0.2, 0) is 6.18 Å². The van der Waals surface area contributed by atoms with Crippen molar-refractivity contribution in [2.24, 2.45) is 5.92 Å². The first-order valence-electron chi connectivity index (χ1n) is 5.56. The van der Waals surface area contributed by atoms with E-state index in [-0.39, 0.29) is 23.8 Å². The van der Waals surface area contributed by atoms with Gasteiger partial charge in [0.15, 0.2) is 5.78 Å². The van der Waals surface area contributed by atoms with Crippen molar-refractivity contribution < 1.29 is 22.7 Å². The molecule has 100 valence electrons. The highest BCUT2D eigenvalue weighted by molar-refractivity contribution is 5.94. The lowest BCUT2D eigenvalue weighted by atomic mass is 10.1. The molecule has 0 amide bonds. The van der Waals surface area contributed by atoms with Crippen molar-refractivity contribution >= 4 is 5.78 Å². The van der Waals surface area contributed by atoms with Crippen molar-refractivity contribution in [2.75, 3.05) is 6.61 Å². The highest BCUT2D eigenvalue weighted by Crippen LogP contribution is 2.37. The average Bonchev–Trinajstić information content (AvgIpc) is 2.24. The lowest BCUT2D eigenvalue weighted by Gasteiger charge is -2.15. The van der Waals surface area contributed by atoms with E-state index in [2.05, 4.69) is 0 Å². The largest absolute Gasteiger partial charge is 0.493 e. The topological polar surface area (TPSA) is 26.3 Å². The number of alkyl halides is 3. The van der Waals surface area contributed by atoms with Gasteiger partial charge in [0.2, 0.25) is 0 Å². The van der Waals surface area contributed by atoms with Gasteiger partial charge in [0.05, 0.1) is 12.2 Å². The number of carbonyl (C=O) groups is 1. The Labute approximate surface area is 104 Å². The maximum atomic E-state index is 12.8. The Morgan fingerprint density at radius 2 is 1.94 bits per heavy atom. The molecule has 0 radical (unpaired) electrons. The molecule has 0 saturated heterocycles. The molecule has 0 unspecified atom stereocenters. The molecule has 1 rings (SSSR count). The number of hydrogen-bond acceptors (Lipinski definition) is 2. The first kappa shape index (κ1) is 14.5. The summed E-state index contributed by atoms with van der Waals surface area (Å²) in [5.74, 6) is -0.518. The molecule has 0 atom stereocenters. The van der Waals surface area contributed by atoms with Crippen LogP contribution in [-0.4, -0.2) is 12.4 Å². The predicted octanol–water partition coefficient (Wildman–Crippen LogP) is 3.94. The smallest absolute Gasteiger partial charge is 0.419 e. The minimum atomic E-state index is -4.53. The number of ether oxygens (including phenoxy) is 1. The summed E-state index contributed by atoms with van der Waals surface area (Å²) in [5, 5.41) is 0. The van der Waals surface area contributed by atoms with Gasteiger partial charge in [0, 0.05) is 5.56 Å². The third-order valence-electron chi connectivity index (χ3n) is 2.26. The van der Waals surface area contributed by atoms with Crippen molar-refractivity contribution in [3.8, 4) is 5.75 Å². The Hall–Kier alpha value is -1.52. The van der Waals surface area contributed by atoms with Gasteiger partial charge in [0.25, 0.3) is 0 Å². The molecule has 0 saturated carbocycles. The molecular formula is C13H15F3O2. The van der Waals surface area contributed by atoms with Gasteiger partial charge in [-0.3, -0.25) is 4.79 Å². The van der Waals surface area contributed by atoms with Crippen molar-refractivity contribution in [2.45, 2.75) is 26.9 Å². The molecule has 0 aliphatic heterocycles. The number of hydrogen-bond donors (Lipinski definition) is 0. The average molecular weight is 260 g/mol. The molecule has 0 N–H and O–H groups in total. The van der Waals surface area contributed by atoms with Gasteiger partial charge < -0.3 is 4.74 Å². The molecular weight excluding hydrogens is 245 g/mol. The fraction of sp³-hybridized carbons (Fsp3) is 0.462. The van der Waals surface area contributed by atoms with Crippen LogP contribution in [0.4, 0.5) is 13.2 Å². The van der Waals surface area contributed by atoms with Crippen molar-refractivity contribution in [1.29, 1.82) is 0 Å². The molecule has 0 aromatic heterocycles. The van der Waals surface area contributed by atoms with E-state index in [1.54, 1.807) is 0 Å². The third kappa shape index (κ3) is 3.75. The molecule has 1 aromatic rings. The van der Waals surface area contributed by atoms with Gasteiger partial charge in [-0.1, -0.05) is 13.8 Å². The van der Waals surface area contributed by atoms with E-state index in [1.165, 1.54) is 19.1 Å². The Bertz CT molecular complexity index is 436. The summed E-state index contributed by atoms with van der Waals surface area (Å²) in [5.41, 5.74) is -0.880. The van der Waals surface area contributed by atoms with Crippen molar-refractivity contribution in [3.05, 3.63) is 29.3 Å². The first-order valence-corrected chi connectivity index (χ1v) is 5.56. The first-order chi connectivity index (χ1) is 8.21. The molecule has 0 spiro atoms. The summed E-state index contributed by atoms with van der Waals surface area (Å²) in [4.78, 5) is 11.1. The van der Waals surface area contributed by atoms with Crippen LogP contribution in [0, 0.1) is 5.92 Å². The maximum absolute atomic E-state index is 12.8. The SMILES string of the molecule is CC(=O)c1ccc(OCC(C)C)c(C(F)(F)F)c1. The molecule has 1 aromatic carbocycles. The highest BCUT2D eigenvalue weighted by Gasteiger charge is 2.35. The molecule has 18 heavy (non-hydrogen) atoms. The summed E-state index contributed by atoms with van der Waals surface area (Å²) < 4.78 is 43.6. The minimum Gasteiger partial charge on any atom is -0.493 e. The van der Waals surface area contributed by atoms with Gasteiger partial charge in [-0.15, -0.1) is 0 Å².